The quantitative estimate of drug-likeness (QED) is 0.503. The molecule has 0 aliphatic rings. The highest BCUT2D eigenvalue weighted by atomic mass is 32.2. The van der Waals surface area contributed by atoms with Gasteiger partial charge in [-0.05, 0) is 0 Å². The van der Waals surface area contributed by atoms with E-state index in [9.17, 15) is 13.2 Å². The van der Waals surface area contributed by atoms with E-state index in [4.69, 9.17) is 5.11 Å². The summed E-state index contributed by atoms with van der Waals surface area (Å²) in [6, 6.07) is -1.14. The summed E-state index contributed by atoms with van der Waals surface area (Å²) < 4.78 is 22.2. The average molecular weight is 151 g/mol. The highest BCUT2D eigenvalue weighted by molar-refractivity contribution is 7.61. The minimum atomic E-state index is -2.61. The van der Waals surface area contributed by atoms with Gasteiger partial charge in [-0.3, -0.25) is 0 Å². The normalized spacial score (nSPS) is 12.1. The average Bonchev–Trinajstić information content (AvgIpc) is 1.82. The second kappa shape index (κ2) is 4.16. The van der Waals surface area contributed by atoms with Gasteiger partial charge in [-0.2, -0.15) is 12.8 Å². The van der Waals surface area contributed by atoms with Crippen LogP contribution in [0, 0.1) is 0 Å². The lowest BCUT2D eigenvalue weighted by atomic mass is 10.4. The number of aliphatic hydroxyl groups excluding tert-OH is 1. The van der Waals surface area contributed by atoms with Crippen molar-refractivity contribution in [3.05, 3.63) is 0 Å². The summed E-state index contributed by atoms with van der Waals surface area (Å²) in [4.78, 5) is 9.74. The van der Waals surface area contributed by atoms with Gasteiger partial charge in [0.25, 0.3) is 0 Å². The Morgan fingerprint density at radius 2 is 2.22 bits per heavy atom. The van der Waals surface area contributed by atoms with Crippen molar-refractivity contribution in [3.63, 3.8) is 0 Å². The van der Waals surface area contributed by atoms with Gasteiger partial charge in [0.2, 0.25) is 0 Å². The minimum absolute atomic E-state index is 0.260. The fourth-order valence-electron chi connectivity index (χ4n) is 0.212. The largest absolute Gasteiger partial charge is 0.394 e. The van der Waals surface area contributed by atoms with Crippen molar-refractivity contribution in [1.29, 1.82) is 0 Å². The predicted molar refractivity (Wildman–Crippen MR) is 28.3 cm³/mol. The van der Waals surface area contributed by atoms with Gasteiger partial charge in [0, 0.05) is 0 Å². The lowest BCUT2D eigenvalue weighted by Crippen LogP contribution is -2.10. The monoisotopic (exact) mass is 151 g/mol. The molecule has 0 fully saturated rings. The number of aldehydes is 1. The fourth-order valence-corrected chi connectivity index (χ4v) is 0.549. The Balaban J connectivity index is 4.16. The van der Waals surface area contributed by atoms with E-state index in [0.717, 1.165) is 0 Å². The number of nitrogens with zero attached hydrogens (tertiary/aromatic N) is 1. The summed E-state index contributed by atoms with van der Waals surface area (Å²) in [6.07, 6.45) is 0.260. The molecule has 0 aromatic heterocycles. The van der Waals surface area contributed by atoms with E-state index >= 15 is 0 Å². The van der Waals surface area contributed by atoms with Crippen LogP contribution >= 0.6 is 0 Å². The summed E-state index contributed by atoms with van der Waals surface area (Å²) in [6.45, 7) is -0.572. The van der Waals surface area contributed by atoms with Gasteiger partial charge in [-0.25, -0.2) is 0 Å². The molecular formula is C3H5NO4S. The molecule has 0 saturated heterocycles. The molecule has 0 heterocycles. The molecule has 0 aromatic carbocycles. The molecule has 0 aliphatic heterocycles. The predicted octanol–water partition coefficient (Wildman–Crippen LogP) is -1.39. The summed E-state index contributed by atoms with van der Waals surface area (Å²) in [5, 5.41) is 8.18. The molecule has 0 aliphatic carbocycles. The number of carbonyl (C=O) groups excluding carboxylic acids is 1. The summed E-state index contributed by atoms with van der Waals surface area (Å²) in [5.74, 6) is 0. The zero-order valence-electron chi connectivity index (χ0n) is 4.39. The SMILES string of the molecule is O=C[C@H](CO)N=S(=O)=O. The number of carbonyl (C=O) groups is 1. The maximum absolute atomic E-state index is 9.74. The van der Waals surface area contributed by atoms with Crippen LogP contribution < -0.4 is 0 Å². The van der Waals surface area contributed by atoms with Gasteiger partial charge in [-0.15, -0.1) is 0 Å². The number of rotatable bonds is 3. The van der Waals surface area contributed by atoms with Crippen molar-refractivity contribution in [1.82, 2.24) is 0 Å². The van der Waals surface area contributed by atoms with Gasteiger partial charge in [-0.1, -0.05) is 0 Å². The zero-order chi connectivity index (χ0) is 7.28. The molecule has 0 rings (SSSR count). The molecule has 1 atom stereocenters. The minimum Gasteiger partial charge on any atom is -0.394 e. The summed E-state index contributed by atoms with van der Waals surface area (Å²) in [5.41, 5.74) is 0. The van der Waals surface area contributed by atoms with Crippen LogP contribution in [0.3, 0.4) is 0 Å². The topological polar surface area (TPSA) is 83.8 Å². The van der Waals surface area contributed by atoms with E-state index in [1.54, 1.807) is 0 Å². The first-order valence-corrected chi connectivity index (χ1v) is 3.10. The zero-order valence-corrected chi connectivity index (χ0v) is 5.21. The lowest BCUT2D eigenvalue weighted by Gasteiger charge is -1.90. The molecular weight excluding hydrogens is 146 g/mol. The molecule has 0 unspecified atom stereocenters. The van der Waals surface area contributed by atoms with Crippen molar-refractivity contribution in [2.75, 3.05) is 6.61 Å². The maximum atomic E-state index is 9.74. The fraction of sp³-hybridized carbons (Fsp3) is 0.667. The number of aliphatic hydroxyl groups is 1. The molecule has 9 heavy (non-hydrogen) atoms. The van der Waals surface area contributed by atoms with E-state index in [1.165, 1.54) is 0 Å². The molecule has 0 radical (unpaired) electrons. The van der Waals surface area contributed by atoms with E-state index in [-0.39, 0.29) is 6.29 Å². The smallest absolute Gasteiger partial charge is 0.311 e. The first-order valence-electron chi connectivity index (χ1n) is 2.07. The highest BCUT2D eigenvalue weighted by Crippen LogP contribution is 1.81. The third-order valence-corrected chi connectivity index (χ3v) is 1.01. The van der Waals surface area contributed by atoms with E-state index in [1.807, 2.05) is 0 Å². The molecule has 1 N–H and O–H groups in total. The van der Waals surface area contributed by atoms with Gasteiger partial charge in [0.1, 0.15) is 12.3 Å². The molecule has 0 bridgehead atoms. The molecule has 0 aromatic rings. The second-order valence-electron chi connectivity index (χ2n) is 1.21. The number of hydrogen-bond acceptors (Lipinski definition) is 5. The lowest BCUT2D eigenvalue weighted by molar-refractivity contribution is -0.109. The Kier molecular flexibility index (Phi) is 3.81. The molecule has 5 nitrogen and oxygen atoms in total. The Labute approximate surface area is 53.0 Å². The van der Waals surface area contributed by atoms with Crippen LogP contribution in [0.2, 0.25) is 0 Å². The Morgan fingerprint density at radius 1 is 1.67 bits per heavy atom. The van der Waals surface area contributed by atoms with E-state index in [0.29, 0.717) is 0 Å². The van der Waals surface area contributed by atoms with Crippen LogP contribution in [-0.2, 0) is 15.3 Å². The highest BCUT2D eigenvalue weighted by Gasteiger charge is 2.00. The Bertz CT molecular complexity index is 198. The third-order valence-electron chi connectivity index (χ3n) is 0.566. The van der Waals surface area contributed by atoms with E-state index in [2.05, 4.69) is 4.36 Å². The third kappa shape index (κ3) is 3.80. The van der Waals surface area contributed by atoms with Crippen LogP contribution in [0.1, 0.15) is 0 Å². The molecule has 6 heteroatoms. The maximum Gasteiger partial charge on any atom is 0.311 e. The van der Waals surface area contributed by atoms with Gasteiger partial charge >= 0.3 is 10.5 Å². The van der Waals surface area contributed by atoms with Crippen LogP contribution in [0.5, 0.6) is 0 Å². The van der Waals surface area contributed by atoms with Crippen LogP contribution in [0.15, 0.2) is 4.36 Å². The first-order chi connectivity index (χ1) is 4.20. The Morgan fingerprint density at radius 3 is 2.33 bits per heavy atom. The van der Waals surface area contributed by atoms with Crippen molar-refractivity contribution in [2.45, 2.75) is 6.04 Å². The molecule has 0 spiro atoms. The summed E-state index contributed by atoms with van der Waals surface area (Å²) in [7, 11) is -2.61. The van der Waals surface area contributed by atoms with Crippen LogP contribution in [0.4, 0.5) is 0 Å². The second-order valence-corrected chi connectivity index (χ2v) is 1.85. The molecule has 52 valence electrons. The van der Waals surface area contributed by atoms with Crippen LogP contribution in [0.25, 0.3) is 0 Å². The van der Waals surface area contributed by atoms with Gasteiger partial charge < -0.3 is 9.90 Å². The van der Waals surface area contributed by atoms with E-state index < -0.39 is 23.1 Å². The Hall–Kier alpha value is -0.750. The molecule has 0 saturated carbocycles. The molecule has 0 amide bonds. The van der Waals surface area contributed by atoms with Gasteiger partial charge in [0.05, 0.1) is 6.61 Å². The van der Waals surface area contributed by atoms with Crippen molar-refractivity contribution < 1.29 is 18.3 Å². The van der Waals surface area contributed by atoms with Crippen molar-refractivity contribution in [2.24, 2.45) is 4.36 Å². The van der Waals surface area contributed by atoms with Crippen molar-refractivity contribution in [3.8, 4) is 0 Å². The standard InChI is InChI=1S/C3H5NO4S/c5-1-3(2-6)4-9(7)8/h1,3,6H,2H2/t3-/m1/s1. The van der Waals surface area contributed by atoms with Crippen LogP contribution in [-0.4, -0.2) is 32.5 Å². The number of hydrogen-bond donors (Lipinski definition) is 1. The van der Waals surface area contributed by atoms with Gasteiger partial charge in [0.15, 0.2) is 0 Å². The summed E-state index contributed by atoms with van der Waals surface area (Å²) >= 11 is 0. The van der Waals surface area contributed by atoms with Crippen molar-refractivity contribution >= 4 is 16.8 Å². The first kappa shape index (κ1) is 8.25.